The van der Waals surface area contributed by atoms with E-state index in [0.29, 0.717) is 27.4 Å². The minimum atomic E-state index is -0.300. The topological polar surface area (TPSA) is 105 Å². The first-order valence-electron chi connectivity index (χ1n) is 7.75. The second-order valence-electron chi connectivity index (χ2n) is 5.58. The van der Waals surface area contributed by atoms with E-state index in [2.05, 4.69) is 20.7 Å². The van der Waals surface area contributed by atoms with E-state index in [9.17, 15) is 14.4 Å². The first-order chi connectivity index (χ1) is 12.6. The quantitative estimate of drug-likeness (QED) is 0.539. The van der Waals surface area contributed by atoms with E-state index in [1.54, 1.807) is 42.5 Å². The van der Waals surface area contributed by atoms with E-state index in [1.807, 2.05) is 0 Å². The highest BCUT2D eigenvalue weighted by atomic mass is 32.2. The van der Waals surface area contributed by atoms with Crippen molar-refractivity contribution in [3.05, 3.63) is 70.9 Å². The van der Waals surface area contributed by atoms with Crippen LogP contribution in [0.2, 0.25) is 0 Å². The molecule has 0 saturated heterocycles. The van der Waals surface area contributed by atoms with Crippen molar-refractivity contribution in [3.8, 4) is 0 Å². The number of nitrogens with zero attached hydrogens (tertiary/aromatic N) is 2. The molecule has 0 saturated carbocycles. The fourth-order valence-electron chi connectivity index (χ4n) is 2.84. The standard InChI is InChI=1S/C18H12N4O3S/c23-14(9-26-15-8-19-22-21-15)20-13-7-3-6-12-16(13)18(25)11-5-2-1-4-10(11)17(12)24/h1-8H,9H2,(H,20,23)(H,19,21,22). The van der Waals surface area contributed by atoms with Gasteiger partial charge < -0.3 is 5.32 Å². The Bertz CT molecular complexity index is 1030. The molecule has 0 spiro atoms. The van der Waals surface area contributed by atoms with Gasteiger partial charge in [0.25, 0.3) is 0 Å². The first kappa shape index (κ1) is 16.2. The van der Waals surface area contributed by atoms with Crippen LogP contribution in [0.4, 0.5) is 5.69 Å². The highest BCUT2D eigenvalue weighted by Crippen LogP contribution is 2.32. The third-order valence-corrected chi connectivity index (χ3v) is 4.87. The van der Waals surface area contributed by atoms with Gasteiger partial charge in [-0.1, -0.05) is 48.2 Å². The van der Waals surface area contributed by atoms with Gasteiger partial charge in [0, 0.05) is 16.7 Å². The number of aromatic amines is 1. The van der Waals surface area contributed by atoms with Crippen LogP contribution in [-0.4, -0.2) is 38.6 Å². The predicted octanol–water partition coefficient (Wildman–Crippen LogP) is 2.31. The fourth-order valence-corrected chi connectivity index (χ4v) is 3.42. The van der Waals surface area contributed by atoms with Crippen molar-refractivity contribution in [2.75, 3.05) is 11.1 Å². The molecular formula is C18H12N4O3S. The summed E-state index contributed by atoms with van der Waals surface area (Å²) in [7, 11) is 0. The van der Waals surface area contributed by atoms with Crippen LogP contribution in [0.1, 0.15) is 31.8 Å². The van der Waals surface area contributed by atoms with Gasteiger partial charge in [0.1, 0.15) is 5.03 Å². The van der Waals surface area contributed by atoms with Crippen LogP contribution in [0.3, 0.4) is 0 Å². The molecule has 0 unspecified atom stereocenters. The molecule has 1 aromatic heterocycles. The van der Waals surface area contributed by atoms with E-state index in [4.69, 9.17) is 0 Å². The molecule has 0 bridgehead atoms. The monoisotopic (exact) mass is 364 g/mol. The Morgan fingerprint density at radius 1 is 1.00 bits per heavy atom. The van der Waals surface area contributed by atoms with Gasteiger partial charge in [-0.3, -0.25) is 14.4 Å². The second-order valence-corrected chi connectivity index (χ2v) is 6.57. The highest BCUT2D eigenvalue weighted by Gasteiger charge is 2.31. The maximum atomic E-state index is 12.9. The van der Waals surface area contributed by atoms with Crippen molar-refractivity contribution >= 4 is 34.9 Å². The molecule has 4 rings (SSSR count). The summed E-state index contributed by atoms with van der Waals surface area (Å²) in [6, 6.07) is 11.6. The zero-order valence-electron chi connectivity index (χ0n) is 13.4. The summed E-state index contributed by atoms with van der Waals surface area (Å²) in [6.07, 6.45) is 1.52. The molecule has 1 aliphatic carbocycles. The lowest BCUT2D eigenvalue weighted by Crippen LogP contribution is -2.24. The number of amides is 1. The number of carbonyl (C=O) groups excluding carboxylic acids is 3. The summed E-state index contributed by atoms with van der Waals surface area (Å²) in [6.45, 7) is 0. The van der Waals surface area contributed by atoms with Gasteiger partial charge in [-0.25, -0.2) is 0 Å². The van der Waals surface area contributed by atoms with Crippen LogP contribution < -0.4 is 5.32 Å². The van der Waals surface area contributed by atoms with Crippen LogP contribution in [0.5, 0.6) is 0 Å². The van der Waals surface area contributed by atoms with Crippen molar-refractivity contribution < 1.29 is 14.4 Å². The third kappa shape index (κ3) is 2.80. The van der Waals surface area contributed by atoms with Crippen molar-refractivity contribution in [2.45, 2.75) is 5.03 Å². The number of hydrogen-bond donors (Lipinski definition) is 2. The average Bonchev–Trinajstić information content (AvgIpc) is 3.18. The number of benzene rings is 2. The van der Waals surface area contributed by atoms with E-state index >= 15 is 0 Å². The van der Waals surface area contributed by atoms with Crippen molar-refractivity contribution in [2.24, 2.45) is 0 Å². The summed E-state index contributed by atoms with van der Waals surface area (Å²) in [5, 5.41) is 13.3. The number of ketones is 2. The third-order valence-electron chi connectivity index (χ3n) is 3.97. The average molecular weight is 364 g/mol. The molecular weight excluding hydrogens is 352 g/mol. The molecule has 26 heavy (non-hydrogen) atoms. The SMILES string of the molecule is O=C(CSc1cn[nH]n1)Nc1cccc2c1C(=O)c1ccccc1C2=O. The van der Waals surface area contributed by atoms with Gasteiger partial charge in [0.15, 0.2) is 11.6 Å². The van der Waals surface area contributed by atoms with E-state index in [0.717, 1.165) is 0 Å². The van der Waals surface area contributed by atoms with E-state index in [1.165, 1.54) is 18.0 Å². The molecule has 1 heterocycles. The van der Waals surface area contributed by atoms with Crippen LogP contribution in [0.15, 0.2) is 53.7 Å². The summed E-state index contributed by atoms with van der Waals surface area (Å²) in [5.41, 5.74) is 1.60. The number of nitrogens with one attached hydrogen (secondary N) is 2. The molecule has 3 aromatic rings. The van der Waals surface area contributed by atoms with Gasteiger partial charge in [0.05, 0.1) is 23.2 Å². The summed E-state index contributed by atoms with van der Waals surface area (Å²) in [4.78, 5) is 37.8. The largest absolute Gasteiger partial charge is 0.325 e. The predicted molar refractivity (Wildman–Crippen MR) is 95.5 cm³/mol. The van der Waals surface area contributed by atoms with Crippen molar-refractivity contribution in [3.63, 3.8) is 0 Å². The maximum Gasteiger partial charge on any atom is 0.234 e. The fraction of sp³-hybridized carbons (Fsp3) is 0.0556. The van der Waals surface area contributed by atoms with Gasteiger partial charge in [0.2, 0.25) is 5.91 Å². The Hall–Kier alpha value is -3.26. The lowest BCUT2D eigenvalue weighted by molar-refractivity contribution is -0.113. The van der Waals surface area contributed by atoms with Gasteiger partial charge in [-0.05, 0) is 6.07 Å². The molecule has 1 aliphatic rings. The number of carbonyl (C=O) groups is 3. The zero-order valence-corrected chi connectivity index (χ0v) is 14.2. The maximum absolute atomic E-state index is 12.9. The minimum Gasteiger partial charge on any atom is -0.325 e. The molecule has 1 amide bonds. The van der Waals surface area contributed by atoms with Gasteiger partial charge in [-0.2, -0.15) is 10.3 Å². The Morgan fingerprint density at radius 3 is 2.46 bits per heavy atom. The molecule has 128 valence electrons. The Labute approximate surface area is 152 Å². The van der Waals surface area contributed by atoms with Crippen LogP contribution >= 0.6 is 11.8 Å². The number of H-pyrrole nitrogens is 1. The summed E-state index contributed by atoms with van der Waals surface area (Å²) >= 11 is 1.21. The number of hydrogen-bond acceptors (Lipinski definition) is 6. The lowest BCUT2D eigenvalue weighted by Gasteiger charge is -2.20. The molecule has 7 nitrogen and oxygen atoms in total. The summed E-state index contributed by atoms with van der Waals surface area (Å²) < 4.78 is 0. The first-order valence-corrected chi connectivity index (χ1v) is 8.73. The smallest absolute Gasteiger partial charge is 0.234 e. The number of thioether (sulfide) groups is 1. The van der Waals surface area contributed by atoms with Crippen molar-refractivity contribution in [1.82, 2.24) is 15.4 Å². The second kappa shape index (κ2) is 6.57. The molecule has 0 atom stereocenters. The molecule has 8 heteroatoms. The molecule has 0 radical (unpaired) electrons. The molecule has 0 fully saturated rings. The highest BCUT2D eigenvalue weighted by molar-refractivity contribution is 7.99. The lowest BCUT2D eigenvalue weighted by atomic mass is 9.83. The number of rotatable bonds is 4. The molecule has 0 aliphatic heterocycles. The summed E-state index contributed by atoms with van der Waals surface area (Å²) in [5.74, 6) is -0.682. The van der Waals surface area contributed by atoms with Crippen LogP contribution in [0, 0.1) is 0 Å². The van der Waals surface area contributed by atoms with Crippen molar-refractivity contribution in [1.29, 1.82) is 0 Å². The number of anilines is 1. The number of aromatic nitrogens is 3. The number of fused-ring (bicyclic) bond motifs is 2. The Balaban J connectivity index is 1.62. The molecule has 2 aromatic carbocycles. The van der Waals surface area contributed by atoms with Gasteiger partial charge in [-0.15, -0.1) is 5.10 Å². The van der Waals surface area contributed by atoms with Crippen LogP contribution in [0.25, 0.3) is 0 Å². The van der Waals surface area contributed by atoms with E-state index < -0.39 is 0 Å². The van der Waals surface area contributed by atoms with Gasteiger partial charge >= 0.3 is 0 Å². The zero-order chi connectivity index (χ0) is 18.1. The Kier molecular flexibility index (Phi) is 4.10. The molecule has 2 N–H and O–H groups in total. The van der Waals surface area contributed by atoms with E-state index in [-0.39, 0.29) is 28.8 Å². The van der Waals surface area contributed by atoms with Crippen LogP contribution in [-0.2, 0) is 4.79 Å². The Morgan fingerprint density at radius 2 is 1.73 bits per heavy atom. The normalized spacial score (nSPS) is 12.5. The minimum absolute atomic E-state index is 0.106.